The molecule has 1 amide bonds. The molecule has 1 N–H and O–H groups in total. The number of nitrogens with one attached hydrogen (secondary N) is 1. The van der Waals surface area contributed by atoms with Gasteiger partial charge in [-0.1, -0.05) is 51.1 Å². The first-order valence-electron chi connectivity index (χ1n) is 11.0. The first-order valence-corrected chi connectivity index (χ1v) is 13.9. The number of methoxy groups -OCH3 is 1. The molecule has 0 saturated carbocycles. The average Bonchev–Trinajstić information content (AvgIpc) is 2.68. The summed E-state index contributed by atoms with van der Waals surface area (Å²) >= 11 is 0. The van der Waals surface area contributed by atoms with Gasteiger partial charge in [-0.2, -0.15) is 0 Å². The van der Waals surface area contributed by atoms with Crippen molar-refractivity contribution in [3.8, 4) is 0 Å². The Labute approximate surface area is 198 Å². The first kappa shape index (κ1) is 28.6. The van der Waals surface area contributed by atoms with E-state index in [1.807, 2.05) is 64.2 Å². The highest BCUT2D eigenvalue weighted by molar-refractivity contribution is 6.74. The number of amides is 1. The highest BCUT2D eigenvalue weighted by Crippen LogP contribution is 2.38. The summed E-state index contributed by atoms with van der Waals surface area (Å²) in [5.41, 5.74) is 0.0333. The molecule has 0 aliphatic carbocycles. The Morgan fingerprint density at radius 3 is 2.03 bits per heavy atom. The molecule has 0 saturated heterocycles. The summed E-state index contributed by atoms with van der Waals surface area (Å²) < 4.78 is 21.9. The lowest BCUT2D eigenvalue weighted by Crippen LogP contribution is -2.51. The summed E-state index contributed by atoms with van der Waals surface area (Å²) in [5, 5.41) is 2.36. The molecular formula is C24H39NO7Si. The Hall–Kier alpha value is -2.39. The van der Waals surface area contributed by atoms with Gasteiger partial charge in [-0.15, -0.1) is 0 Å². The summed E-state index contributed by atoms with van der Waals surface area (Å²) in [6.07, 6.45) is -1.99. The van der Waals surface area contributed by atoms with E-state index in [-0.39, 0.29) is 18.1 Å². The monoisotopic (exact) mass is 481 g/mol. The van der Waals surface area contributed by atoms with Crippen molar-refractivity contribution < 1.29 is 33.0 Å². The predicted molar refractivity (Wildman–Crippen MR) is 128 cm³/mol. The van der Waals surface area contributed by atoms with Crippen LogP contribution in [0.5, 0.6) is 0 Å². The van der Waals surface area contributed by atoms with Crippen molar-refractivity contribution in [2.75, 3.05) is 7.11 Å². The summed E-state index contributed by atoms with van der Waals surface area (Å²) in [4.78, 5) is 37.9. The lowest BCUT2D eigenvalue weighted by atomic mass is 10.1. The molecule has 2 atom stereocenters. The second-order valence-electron chi connectivity index (χ2n) is 10.4. The molecule has 0 unspecified atom stereocenters. The average molecular weight is 482 g/mol. The summed E-state index contributed by atoms with van der Waals surface area (Å²) in [7, 11) is -1.14. The van der Waals surface area contributed by atoms with E-state index in [0.717, 1.165) is 5.56 Å². The standard InChI is InChI=1S/C24H39NO7Si/c1-23(2,3)31-22(28)25-18(20(26)30-16-17-13-11-10-12-14-17)15-19(21(27)29-7)32-33(8,9)24(4,5)6/h10-14,18-19H,15-16H2,1-9H3,(H,25,28)/t18-,19-/m0/s1. The van der Waals surface area contributed by atoms with Gasteiger partial charge >= 0.3 is 18.0 Å². The van der Waals surface area contributed by atoms with Crippen molar-refractivity contribution in [2.24, 2.45) is 0 Å². The SMILES string of the molecule is COC(=O)[C@H](C[C@H](NC(=O)OC(C)(C)C)C(=O)OCc1ccccc1)O[Si](C)(C)C(C)(C)C. The quantitative estimate of drug-likeness (QED) is 0.313. The summed E-state index contributed by atoms with van der Waals surface area (Å²) in [5.74, 6) is -1.32. The third-order valence-electron chi connectivity index (χ3n) is 5.36. The molecular weight excluding hydrogens is 442 g/mol. The summed E-state index contributed by atoms with van der Waals surface area (Å²) in [6, 6.07) is 8.00. The zero-order chi connectivity index (χ0) is 25.4. The number of alkyl carbamates (subject to hydrolysis) is 1. The van der Waals surface area contributed by atoms with Gasteiger partial charge in [0.2, 0.25) is 0 Å². The number of carbonyl (C=O) groups excluding carboxylic acids is 3. The maximum atomic E-state index is 12.9. The smallest absolute Gasteiger partial charge is 0.408 e. The van der Waals surface area contributed by atoms with Gasteiger partial charge in [0.05, 0.1) is 7.11 Å². The van der Waals surface area contributed by atoms with Crippen LogP contribution >= 0.6 is 0 Å². The molecule has 0 aliphatic rings. The van der Waals surface area contributed by atoms with E-state index in [1.165, 1.54) is 7.11 Å². The number of rotatable bonds is 9. The van der Waals surface area contributed by atoms with Gasteiger partial charge in [0.25, 0.3) is 0 Å². The minimum atomic E-state index is -2.39. The van der Waals surface area contributed by atoms with Gasteiger partial charge in [-0.25, -0.2) is 14.4 Å². The van der Waals surface area contributed by atoms with Crippen LogP contribution in [-0.4, -0.2) is 51.2 Å². The molecule has 1 aromatic carbocycles. The fourth-order valence-electron chi connectivity index (χ4n) is 2.56. The third kappa shape index (κ3) is 9.96. The van der Waals surface area contributed by atoms with Crippen LogP contribution in [0.25, 0.3) is 0 Å². The van der Waals surface area contributed by atoms with Crippen LogP contribution in [0.15, 0.2) is 30.3 Å². The molecule has 0 aromatic heterocycles. The number of esters is 2. The molecule has 0 spiro atoms. The van der Waals surface area contributed by atoms with Gasteiger partial charge < -0.3 is 24.0 Å². The number of ether oxygens (including phenoxy) is 3. The van der Waals surface area contributed by atoms with Crippen LogP contribution in [0.1, 0.15) is 53.5 Å². The Balaban J connectivity index is 3.10. The van der Waals surface area contributed by atoms with Crippen LogP contribution in [-0.2, 0) is 34.8 Å². The first-order chi connectivity index (χ1) is 15.1. The molecule has 1 aromatic rings. The van der Waals surface area contributed by atoms with Gasteiger partial charge in [0.15, 0.2) is 8.32 Å². The number of carbonyl (C=O) groups is 3. The van der Waals surface area contributed by atoms with Crippen LogP contribution in [0.2, 0.25) is 18.1 Å². The molecule has 0 fully saturated rings. The Morgan fingerprint density at radius 1 is 0.970 bits per heavy atom. The topological polar surface area (TPSA) is 100 Å². The molecule has 9 heteroatoms. The fourth-order valence-corrected chi connectivity index (χ4v) is 3.82. The minimum Gasteiger partial charge on any atom is -0.467 e. The van der Waals surface area contributed by atoms with Crippen LogP contribution < -0.4 is 5.32 Å². The van der Waals surface area contributed by atoms with Crippen LogP contribution in [0, 0.1) is 0 Å². The van der Waals surface area contributed by atoms with Gasteiger partial charge in [-0.3, -0.25) is 0 Å². The van der Waals surface area contributed by atoms with E-state index in [9.17, 15) is 14.4 Å². The molecule has 33 heavy (non-hydrogen) atoms. The molecule has 0 aliphatic heterocycles. The van der Waals surface area contributed by atoms with E-state index in [1.54, 1.807) is 20.8 Å². The molecule has 186 valence electrons. The Bertz CT molecular complexity index is 797. The molecule has 0 heterocycles. The van der Waals surface area contributed by atoms with Crippen molar-refractivity contribution in [1.29, 1.82) is 0 Å². The van der Waals surface area contributed by atoms with Crippen molar-refractivity contribution in [3.63, 3.8) is 0 Å². The normalized spacial score (nSPS) is 14.1. The van der Waals surface area contributed by atoms with Crippen molar-refractivity contribution >= 4 is 26.3 Å². The molecule has 0 bridgehead atoms. The predicted octanol–water partition coefficient (Wildman–Crippen LogP) is 4.58. The van der Waals surface area contributed by atoms with E-state index < -0.39 is 44.1 Å². The maximum Gasteiger partial charge on any atom is 0.408 e. The highest BCUT2D eigenvalue weighted by atomic mass is 28.4. The number of hydrogen-bond acceptors (Lipinski definition) is 7. The number of hydrogen-bond donors (Lipinski definition) is 1. The molecule has 8 nitrogen and oxygen atoms in total. The van der Waals surface area contributed by atoms with Gasteiger partial charge in [0.1, 0.15) is 24.4 Å². The van der Waals surface area contributed by atoms with Crippen molar-refractivity contribution in [3.05, 3.63) is 35.9 Å². The van der Waals surface area contributed by atoms with Crippen LogP contribution in [0.4, 0.5) is 4.79 Å². The van der Waals surface area contributed by atoms with E-state index in [2.05, 4.69) is 5.32 Å². The zero-order valence-electron chi connectivity index (χ0n) is 21.3. The molecule has 1 rings (SSSR count). The largest absolute Gasteiger partial charge is 0.467 e. The van der Waals surface area contributed by atoms with Crippen LogP contribution in [0.3, 0.4) is 0 Å². The second kappa shape index (κ2) is 11.6. The minimum absolute atomic E-state index is 0.0259. The van der Waals surface area contributed by atoms with Gasteiger partial charge in [0, 0.05) is 6.42 Å². The highest BCUT2D eigenvalue weighted by Gasteiger charge is 2.42. The van der Waals surface area contributed by atoms with E-state index in [4.69, 9.17) is 18.6 Å². The maximum absolute atomic E-state index is 12.9. The lowest BCUT2D eigenvalue weighted by molar-refractivity contribution is -0.153. The van der Waals surface area contributed by atoms with E-state index >= 15 is 0 Å². The second-order valence-corrected chi connectivity index (χ2v) is 15.2. The third-order valence-corrected chi connectivity index (χ3v) is 9.84. The lowest BCUT2D eigenvalue weighted by Gasteiger charge is -2.39. The summed E-state index contributed by atoms with van der Waals surface area (Å²) in [6.45, 7) is 15.3. The van der Waals surface area contributed by atoms with E-state index in [0.29, 0.717) is 0 Å². The van der Waals surface area contributed by atoms with Gasteiger partial charge in [-0.05, 0) is 44.5 Å². The molecule has 0 radical (unpaired) electrons. The zero-order valence-corrected chi connectivity index (χ0v) is 22.3. The Kier molecular flexibility index (Phi) is 10.1. The van der Waals surface area contributed by atoms with Crippen molar-refractivity contribution in [1.82, 2.24) is 5.32 Å². The van der Waals surface area contributed by atoms with Crippen molar-refractivity contribution in [2.45, 2.75) is 90.4 Å². The Morgan fingerprint density at radius 2 is 1.55 bits per heavy atom. The fraction of sp³-hybridized carbons (Fsp3) is 0.625. The number of benzene rings is 1.